The minimum absolute atomic E-state index is 0.0450. The van der Waals surface area contributed by atoms with Crippen molar-refractivity contribution >= 4 is 27.5 Å². The maximum absolute atomic E-state index is 14.4. The molecule has 43 heavy (non-hydrogen) atoms. The highest BCUT2D eigenvalue weighted by molar-refractivity contribution is 7.92. The van der Waals surface area contributed by atoms with Crippen molar-refractivity contribution in [2.45, 2.75) is 57.7 Å². The molecule has 0 aliphatic heterocycles. The van der Waals surface area contributed by atoms with E-state index in [4.69, 9.17) is 9.47 Å². The quantitative estimate of drug-likeness (QED) is 0.307. The number of methoxy groups -OCH3 is 2. The smallest absolute Gasteiger partial charge is 0.244 e. The molecule has 0 saturated heterocycles. The number of amides is 2. The molecular formula is C33H41N3O6S. The van der Waals surface area contributed by atoms with Gasteiger partial charge in [0.25, 0.3) is 0 Å². The normalized spacial score (nSPS) is 14.1. The van der Waals surface area contributed by atoms with Crippen LogP contribution in [0.25, 0.3) is 0 Å². The van der Waals surface area contributed by atoms with Gasteiger partial charge in [0, 0.05) is 19.0 Å². The third-order valence-corrected chi connectivity index (χ3v) is 8.87. The minimum atomic E-state index is -3.92. The second-order valence-corrected chi connectivity index (χ2v) is 12.9. The first kappa shape index (κ1) is 31.9. The van der Waals surface area contributed by atoms with Crippen LogP contribution in [0.4, 0.5) is 5.69 Å². The number of hydrogen-bond donors (Lipinski definition) is 1. The van der Waals surface area contributed by atoms with Gasteiger partial charge in [-0.3, -0.25) is 13.9 Å². The predicted octanol–water partition coefficient (Wildman–Crippen LogP) is 4.48. The van der Waals surface area contributed by atoms with E-state index in [2.05, 4.69) is 5.32 Å². The molecule has 1 N–H and O–H groups in total. The number of benzene rings is 3. The van der Waals surface area contributed by atoms with Crippen LogP contribution in [0.1, 0.15) is 42.4 Å². The monoisotopic (exact) mass is 607 g/mol. The van der Waals surface area contributed by atoms with Crippen LogP contribution in [-0.4, -0.2) is 64.2 Å². The van der Waals surface area contributed by atoms with Crippen LogP contribution < -0.4 is 19.1 Å². The van der Waals surface area contributed by atoms with Crippen LogP contribution in [-0.2, 0) is 32.6 Å². The van der Waals surface area contributed by atoms with Gasteiger partial charge in [0.05, 0.1) is 26.2 Å². The molecule has 4 rings (SSSR count). The van der Waals surface area contributed by atoms with E-state index in [9.17, 15) is 18.0 Å². The van der Waals surface area contributed by atoms with E-state index >= 15 is 0 Å². The summed E-state index contributed by atoms with van der Waals surface area (Å²) in [6.45, 7) is 1.41. The van der Waals surface area contributed by atoms with E-state index in [-0.39, 0.29) is 30.6 Å². The lowest BCUT2D eigenvalue weighted by molar-refractivity contribution is -0.140. The molecule has 1 atom stereocenters. The first-order valence-corrected chi connectivity index (χ1v) is 16.3. The number of anilines is 1. The van der Waals surface area contributed by atoms with Gasteiger partial charge in [0.1, 0.15) is 24.1 Å². The summed E-state index contributed by atoms with van der Waals surface area (Å²) in [5.41, 5.74) is 2.70. The van der Waals surface area contributed by atoms with Gasteiger partial charge in [-0.1, -0.05) is 61.4 Å². The summed E-state index contributed by atoms with van der Waals surface area (Å²) < 4.78 is 38.2. The molecule has 10 heteroatoms. The van der Waals surface area contributed by atoms with E-state index < -0.39 is 28.5 Å². The van der Waals surface area contributed by atoms with Crippen LogP contribution in [0.3, 0.4) is 0 Å². The molecule has 0 unspecified atom stereocenters. The van der Waals surface area contributed by atoms with Gasteiger partial charge in [-0.25, -0.2) is 8.42 Å². The molecule has 0 bridgehead atoms. The van der Waals surface area contributed by atoms with Crippen molar-refractivity contribution < 1.29 is 27.5 Å². The van der Waals surface area contributed by atoms with Crippen molar-refractivity contribution in [3.8, 4) is 11.5 Å². The van der Waals surface area contributed by atoms with Crippen LogP contribution in [0, 0.1) is 6.92 Å². The zero-order valence-corrected chi connectivity index (χ0v) is 26.1. The van der Waals surface area contributed by atoms with E-state index in [1.807, 2.05) is 61.5 Å². The number of nitrogens with zero attached hydrogens (tertiary/aromatic N) is 2. The Morgan fingerprint density at radius 2 is 1.63 bits per heavy atom. The molecule has 0 spiro atoms. The molecule has 9 nitrogen and oxygen atoms in total. The first-order valence-electron chi connectivity index (χ1n) is 14.5. The maximum Gasteiger partial charge on any atom is 0.244 e. The average Bonchev–Trinajstić information content (AvgIpc) is 3.50. The zero-order chi connectivity index (χ0) is 31.0. The van der Waals surface area contributed by atoms with Gasteiger partial charge in [-0.2, -0.15) is 0 Å². The molecule has 0 radical (unpaired) electrons. The van der Waals surface area contributed by atoms with Crippen molar-refractivity contribution in [3.05, 3.63) is 89.5 Å². The molecular weight excluding hydrogens is 566 g/mol. The second kappa shape index (κ2) is 14.4. The standard InChI is InChI=1S/C33H41N3O6S/c1-24-17-18-31(42-3)29(19-24)36(43(4,39)40)23-32(37)35(22-26-13-10-16-28(20-26)41-2)30(21-25-11-6-5-7-12-25)33(38)34-27-14-8-9-15-27/h5-7,10-13,16-20,27,30H,8-9,14-15,21-23H2,1-4H3,(H,34,38)/t30-/m0/s1. The Hall–Kier alpha value is -4.05. The molecule has 3 aromatic carbocycles. The zero-order valence-electron chi connectivity index (χ0n) is 25.3. The Bertz CT molecular complexity index is 1510. The van der Waals surface area contributed by atoms with Gasteiger partial charge in [-0.05, 0) is 60.7 Å². The average molecular weight is 608 g/mol. The number of ether oxygens (including phenoxy) is 2. The van der Waals surface area contributed by atoms with Crippen molar-refractivity contribution in [1.82, 2.24) is 10.2 Å². The molecule has 1 fully saturated rings. The maximum atomic E-state index is 14.4. The molecule has 1 aliphatic carbocycles. The van der Waals surface area contributed by atoms with Gasteiger partial charge >= 0.3 is 0 Å². The number of aryl methyl sites for hydroxylation is 1. The van der Waals surface area contributed by atoms with E-state index in [0.717, 1.165) is 52.9 Å². The minimum Gasteiger partial charge on any atom is -0.497 e. The number of carbonyl (C=O) groups is 2. The van der Waals surface area contributed by atoms with E-state index in [1.54, 1.807) is 25.3 Å². The highest BCUT2D eigenvalue weighted by Crippen LogP contribution is 2.31. The predicted molar refractivity (Wildman–Crippen MR) is 168 cm³/mol. The van der Waals surface area contributed by atoms with Gasteiger partial charge in [0.2, 0.25) is 21.8 Å². The fourth-order valence-corrected chi connectivity index (χ4v) is 6.32. The van der Waals surface area contributed by atoms with E-state index in [0.29, 0.717) is 11.5 Å². The second-order valence-electron chi connectivity index (χ2n) is 11.0. The van der Waals surface area contributed by atoms with Gasteiger partial charge in [0.15, 0.2) is 0 Å². The van der Waals surface area contributed by atoms with Gasteiger partial charge < -0.3 is 19.7 Å². The van der Waals surface area contributed by atoms with Crippen LogP contribution >= 0.6 is 0 Å². The van der Waals surface area contributed by atoms with Crippen LogP contribution in [0.2, 0.25) is 0 Å². The Kier molecular flexibility index (Phi) is 10.7. The largest absolute Gasteiger partial charge is 0.497 e. The van der Waals surface area contributed by atoms with Crippen molar-refractivity contribution in [1.29, 1.82) is 0 Å². The fourth-order valence-electron chi connectivity index (χ4n) is 5.48. The van der Waals surface area contributed by atoms with Crippen LogP contribution in [0.15, 0.2) is 72.8 Å². The summed E-state index contributed by atoms with van der Waals surface area (Å²) in [5.74, 6) is 0.163. The molecule has 2 amide bonds. The van der Waals surface area contributed by atoms with Crippen LogP contribution in [0.5, 0.6) is 11.5 Å². The Morgan fingerprint density at radius 3 is 2.28 bits per heavy atom. The fraction of sp³-hybridized carbons (Fsp3) is 0.394. The van der Waals surface area contributed by atoms with Crippen molar-refractivity contribution in [2.75, 3.05) is 31.3 Å². The Labute approximate surface area is 254 Å². The molecule has 3 aromatic rings. The third-order valence-electron chi connectivity index (χ3n) is 7.74. The lowest BCUT2D eigenvalue weighted by Crippen LogP contribution is -2.54. The number of nitrogens with one attached hydrogen (secondary N) is 1. The summed E-state index contributed by atoms with van der Waals surface area (Å²) in [6.07, 6.45) is 5.19. The third kappa shape index (κ3) is 8.50. The van der Waals surface area contributed by atoms with E-state index in [1.165, 1.54) is 12.0 Å². The lowest BCUT2D eigenvalue weighted by atomic mass is 10.0. The topological polar surface area (TPSA) is 105 Å². The highest BCUT2D eigenvalue weighted by Gasteiger charge is 2.35. The molecule has 0 heterocycles. The number of sulfonamides is 1. The summed E-state index contributed by atoms with van der Waals surface area (Å²) >= 11 is 0. The highest BCUT2D eigenvalue weighted by atomic mass is 32.2. The molecule has 1 saturated carbocycles. The molecule has 230 valence electrons. The molecule has 1 aliphatic rings. The summed E-state index contributed by atoms with van der Waals surface area (Å²) in [7, 11) is -0.900. The summed E-state index contributed by atoms with van der Waals surface area (Å²) in [6, 6.07) is 21.1. The van der Waals surface area contributed by atoms with Gasteiger partial charge in [-0.15, -0.1) is 0 Å². The number of hydrogen-bond acceptors (Lipinski definition) is 6. The molecule has 0 aromatic heterocycles. The SMILES string of the molecule is COc1cccc(CN(C(=O)CN(c2cc(C)ccc2OC)S(C)(=O)=O)[C@@H](Cc2ccccc2)C(=O)NC2CCCC2)c1. The summed E-state index contributed by atoms with van der Waals surface area (Å²) in [5, 5.41) is 3.17. The summed E-state index contributed by atoms with van der Waals surface area (Å²) in [4.78, 5) is 29.8. The Morgan fingerprint density at radius 1 is 0.930 bits per heavy atom. The van der Waals surface area contributed by atoms with Crippen molar-refractivity contribution in [2.24, 2.45) is 0 Å². The van der Waals surface area contributed by atoms with Crippen molar-refractivity contribution in [3.63, 3.8) is 0 Å². The lowest BCUT2D eigenvalue weighted by Gasteiger charge is -2.34. The Balaban J connectivity index is 1.77. The number of carbonyl (C=O) groups excluding carboxylic acids is 2. The first-order chi connectivity index (χ1) is 20.6. The number of rotatable bonds is 13.